The first-order valence-corrected chi connectivity index (χ1v) is 10.7. The summed E-state index contributed by atoms with van der Waals surface area (Å²) in [4.78, 5) is 17.6. The van der Waals surface area contributed by atoms with Crippen molar-refractivity contribution in [3.63, 3.8) is 0 Å². The number of halogens is 1. The zero-order valence-corrected chi connectivity index (χ0v) is 17.8. The molecule has 1 aliphatic heterocycles. The Hall–Kier alpha value is -3.80. The summed E-state index contributed by atoms with van der Waals surface area (Å²) in [6.45, 7) is 4.17. The van der Waals surface area contributed by atoms with E-state index < -0.39 is 0 Å². The highest BCUT2D eigenvalue weighted by atomic mass is 19.1. The maximum absolute atomic E-state index is 14.2. The van der Waals surface area contributed by atoms with Gasteiger partial charge >= 0.3 is 0 Å². The molecule has 3 aromatic carbocycles. The molecule has 2 heterocycles. The van der Waals surface area contributed by atoms with E-state index in [1.807, 2.05) is 71.3 Å². The quantitative estimate of drug-likeness (QED) is 0.476. The van der Waals surface area contributed by atoms with Crippen LogP contribution in [0, 0.1) is 12.7 Å². The van der Waals surface area contributed by atoms with Crippen molar-refractivity contribution < 1.29 is 9.18 Å². The number of aryl methyl sites for hydroxylation is 1. The number of para-hydroxylation sites is 1. The van der Waals surface area contributed by atoms with Crippen LogP contribution in [0.15, 0.2) is 72.8 Å². The first-order chi connectivity index (χ1) is 15.6. The molecule has 0 aliphatic carbocycles. The van der Waals surface area contributed by atoms with E-state index in [2.05, 4.69) is 10.2 Å². The second-order valence-corrected chi connectivity index (χ2v) is 8.04. The van der Waals surface area contributed by atoms with Gasteiger partial charge in [-0.1, -0.05) is 54.1 Å². The van der Waals surface area contributed by atoms with Crippen molar-refractivity contribution in [3.05, 3.63) is 89.7 Å². The number of piperazine rings is 1. The number of amides is 1. The molecule has 0 unspecified atom stereocenters. The summed E-state index contributed by atoms with van der Waals surface area (Å²) in [6.07, 6.45) is 0. The van der Waals surface area contributed by atoms with E-state index in [-0.39, 0.29) is 11.7 Å². The number of aromatic nitrogens is 2. The Kier molecular flexibility index (Phi) is 5.27. The van der Waals surface area contributed by atoms with Gasteiger partial charge in [0.2, 0.25) is 0 Å². The van der Waals surface area contributed by atoms with Crippen molar-refractivity contribution in [2.45, 2.75) is 6.92 Å². The maximum Gasteiger partial charge on any atom is 0.256 e. The molecular weight excluding hydrogens is 403 g/mol. The van der Waals surface area contributed by atoms with Gasteiger partial charge in [-0.05, 0) is 31.2 Å². The Morgan fingerprint density at radius 1 is 0.875 bits per heavy atom. The topological polar surface area (TPSA) is 49.3 Å². The lowest BCUT2D eigenvalue weighted by Crippen LogP contribution is -2.49. The van der Waals surface area contributed by atoms with Crippen molar-refractivity contribution in [3.8, 4) is 11.3 Å². The number of anilines is 1. The molecule has 1 aromatic heterocycles. The molecule has 0 atom stereocenters. The smallest absolute Gasteiger partial charge is 0.256 e. The fourth-order valence-corrected chi connectivity index (χ4v) is 4.25. The minimum atomic E-state index is -0.238. The Labute approximate surface area is 186 Å². The predicted molar refractivity (Wildman–Crippen MR) is 124 cm³/mol. The molecule has 0 bridgehead atoms. The largest absolute Gasteiger partial charge is 0.366 e. The Bertz CT molecular complexity index is 1280. The Balaban J connectivity index is 1.51. The second kappa shape index (κ2) is 8.38. The first kappa shape index (κ1) is 20.1. The van der Waals surface area contributed by atoms with Gasteiger partial charge in [0.15, 0.2) is 0 Å². The molecule has 1 aliphatic rings. The second-order valence-electron chi connectivity index (χ2n) is 8.04. The highest BCUT2D eigenvalue weighted by Gasteiger charge is 2.28. The van der Waals surface area contributed by atoms with Gasteiger partial charge in [-0.3, -0.25) is 4.79 Å². The number of carbonyl (C=O) groups is 1. The van der Waals surface area contributed by atoms with Gasteiger partial charge in [0, 0.05) is 37.1 Å². The molecular formula is C26H23FN4O. The van der Waals surface area contributed by atoms with Crippen LogP contribution in [0.3, 0.4) is 0 Å². The number of hydrogen-bond donors (Lipinski definition) is 0. The minimum Gasteiger partial charge on any atom is -0.366 e. The van der Waals surface area contributed by atoms with Crippen LogP contribution in [-0.2, 0) is 0 Å². The van der Waals surface area contributed by atoms with E-state index in [1.165, 1.54) is 6.07 Å². The van der Waals surface area contributed by atoms with E-state index >= 15 is 0 Å². The fourth-order valence-electron chi connectivity index (χ4n) is 4.25. The monoisotopic (exact) mass is 426 g/mol. The van der Waals surface area contributed by atoms with Crippen molar-refractivity contribution >= 4 is 22.5 Å². The van der Waals surface area contributed by atoms with Crippen LogP contribution < -0.4 is 4.90 Å². The number of carbonyl (C=O) groups excluding carboxylic acids is 1. The van der Waals surface area contributed by atoms with E-state index in [9.17, 15) is 9.18 Å². The lowest BCUT2D eigenvalue weighted by atomic mass is 9.99. The fraction of sp³-hybridized carbons (Fsp3) is 0.192. The van der Waals surface area contributed by atoms with Gasteiger partial charge in [-0.2, -0.15) is 0 Å². The van der Waals surface area contributed by atoms with Gasteiger partial charge in [-0.25, -0.2) is 4.39 Å². The highest BCUT2D eigenvalue weighted by Crippen LogP contribution is 2.29. The predicted octanol–water partition coefficient (Wildman–Crippen LogP) is 4.71. The number of benzene rings is 3. The normalized spacial score (nSPS) is 14.1. The zero-order valence-electron chi connectivity index (χ0n) is 17.8. The van der Waals surface area contributed by atoms with Crippen molar-refractivity contribution in [1.82, 2.24) is 15.1 Å². The van der Waals surface area contributed by atoms with Crippen LogP contribution >= 0.6 is 0 Å². The molecule has 4 aromatic rings. The zero-order chi connectivity index (χ0) is 22.1. The average molecular weight is 426 g/mol. The summed E-state index contributed by atoms with van der Waals surface area (Å²) in [6, 6.07) is 22.3. The molecule has 6 heteroatoms. The van der Waals surface area contributed by atoms with Crippen LogP contribution in [-0.4, -0.2) is 47.2 Å². The van der Waals surface area contributed by atoms with Gasteiger partial charge in [0.1, 0.15) is 11.5 Å². The van der Waals surface area contributed by atoms with E-state index in [1.54, 1.807) is 12.1 Å². The molecule has 0 N–H and O–H groups in total. The summed E-state index contributed by atoms with van der Waals surface area (Å²) in [5, 5.41) is 9.62. The standard InChI is InChI=1S/C26H23FN4O/c1-18-11-12-22-20(17-18)24(25(29-28-22)19-7-3-2-4-8-19)26(32)31-15-13-30(14-16-31)23-10-6-5-9-21(23)27/h2-12,17H,13-16H2,1H3. The molecule has 5 nitrogen and oxygen atoms in total. The third-order valence-corrected chi connectivity index (χ3v) is 5.94. The SMILES string of the molecule is Cc1ccc2nnc(-c3ccccc3)c(C(=O)N3CCN(c4ccccc4F)CC3)c2c1. The number of rotatable bonds is 3. The van der Waals surface area contributed by atoms with Crippen LogP contribution in [0.5, 0.6) is 0 Å². The Morgan fingerprint density at radius 3 is 2.34 bits per heavy atom. The number of nitrogens with zero attached hydrogens (tertiary/aromatic N) is 4. The highest BCUT2D eigenvalue weighted by molar-refractivity contribution is 6.10. The summed E-state index contributed by atoms with van der Waals surface area (Å²) in [5.41, 5.74) is 4.36. The summed E-state index contributed by atoms with van der Waals surface area (Å²) < 4.78 is 14.2. The summed E-state index contributed by atoms with van der Waals surface area (Å²) >= 11 is 0. The van der Waals surface area contributed by atoms with Gasteiger partial charge in [0.05, 0.1) is 16.8 Å². The van der Waals surface area contributed by atoms with Crippen LogP contribution in [0.1, 0.15) is 15.9 Å². The van der Waals surface area contributed by atoms with Crippen LogP contribution in [0.2, 0.25) is 0 Å². The molecule has 5 rings (SSSR count). The first-order valence-electron chi connectivity index (χ1n) is 10.7. The molecule has 0 spiro atoms. The molecule has 0 radical (unpaired) electrons. The van der Waals surface area contributed by atoms with E-state index in [0.29, 0.717) is 48.6 Å². The maximum atomic E-state index is 14.2. The van der Waals surface area contributed by atoms with Crippen LogP contribution in [0.4, 0.5) is 10.1 Å². The molecule has 160 valence electrons. The summed E-state index contributed by atoms with van der Waals surface area (Å²) in [5.74, 6) is -0.305. The molecule has 0 saturated carbocycles. The van der Waals surface area contributed by atoms with E-state index in [0.717, 1.165) is 16.5 Å². The van der Waals surface area contributed by atoms with Crippen molar-refractivity contribution in [1.29, 1.82) is 0 Å². The molecule has 1 amide bonds. The van der Waals surface area contributed by atoms with Crippen molar-refractivity contribution in [2.24, 2.45) is 0 Å². The lowest BCUT2D eigenvalue weighted by Gasteiger charge is -2.36. The minimum absolute atomic E-state index is 0.0671. The molecule has 1 fully saturated rings. The van der Waals surface area contributed by atoms with Gasteiger partial charge < -0.3 is 9.80 Å². The van der Waals surface area contributed by atoms with Gasteiger partial charge in [0.25, 0.3) is 5.91 Å². The number of hydrogen-bond acceptors (Lipinski definition) is 4. The lowest BCUT2D eigenvalue weighted by molar-refractivity contribution is 0.0749. The Morgan fingerprint density at radius 2 is 1.59 bits per heavy atom. The number of fused-ring (bicyclic) bond motifs is 1. The van der Waals surface area contributed by atoms with E-state index in [4.69, 9.17) is 0 Å². The van der Waals surface area contributed by atoms with Gasteiger partial charge in [-0.15, -0.1) is 10.2 Å². The van der Waals surface area contributed by atoms with Crippen LogP contribution in [0.25, 0.3) is 22.2 Å². The third kappa shape index (κ3) is 3.68. The molecule has 1 saturated heterocycles. The average Bonchev–Trinajstić information content (AvgIpc) is 2.84. The molecule has 32 heavy (non-hydrogen) atoms. The third-order valence-electron chi connectivity index (χ3n) is 5.94. The summed E-state index contributed by atoms with van der Waals surface area (Å²) in [7, 11) is 0. The van der Waals surface area contributed by atoms with Crippen molar-refractivity contribution in [2.75, 3.05) is 31.1 Å².